The number of benzene rings is 3. The van der Waals surface area contributed by atoms with Gasteiger partial charge < -0.3 is 24.8 Å². The third-order valence-electron chi connectivity index (χ3n) is 5.74. The van der Waals surface area contributed by atoms with Crippen LogP contribution in [0.3, 0.4) is 0 Å². The average molecular weight is 473 g/mol. The molecule has 0 bridgehead atoms. The molecule has 180 valence electrons. The van der Waals surface area contributed by atoms with Crippen LogP contribution in [0.25, 0.3) is 0 Å². The summed E-state index contributed by atoms with van der Waals surface area (Å²) in [5.74, 6) is 0.547. The van der Waals surface area contributed by atoms with E-state index in [9.17, 15) is 9.59 Å². The number of ether oxygens (including phenoxy) is 3. The molecule has 1 aliphatic heterocycles. The van der Waals surface area contributed by atoms with Crippen molar-refractivity contribution in [3.8, 4) is 11.5 Å². The summed E-state index contributed by atoms with van der Waals surface area (Å²) in [6.45, 7) is 4.23. The Morgan fingerprint density at radius 2 is 1.60 bits per heavy atom. The first-order chi connectivity index (χ1) is 16.9. The lowest BCUT2D eigenvalue weighted by molar-refractivity contribution is -0.140. The van der Waals surface area contributed by atoms with Crippen LogP contribution in [0, 0.1) is 6.92 Å². The number of methoxy groups -OCH3 is 1. The number of nitrogens with one attached hydrogen (secondary N) is 2. The summed E-state index contributed by atoms with van der Waals surface area (Å²) in [4.78, 5) is 25.3. The smallest absolute Gasteiger partial charge is 0.338 e. The standard InChI is InChI=1S/C28H28N2O5/c1-18-9-11-21(12-10-18)16-34-23-14-13-22(15-24(23)33-3)26-25(19(2)29-28(32)30-26)27(31)35-17-20-7-5-4-6-8-20/h4-15,26H,16-17H2,1-3H3,(H2,29,30,32). The minimum atomic E-state index is -0.702. The Morgan fingerprint density at radius 3 is 2.31 bits per heavy atom. The van der Waals surface area contributed by atoms with Crippen LogP contribution in [0.2, 0.25) is 0 Å². The van der Waals surface area contributed by atoms with Crippen molar-refractivity contribution in [3.05, 3.63) is 106 Å². The van der Waals surface area contributed by atoms with E-state index in [1.165, 1.54) is 5.56 Å². The highest BCUT2D eigenvalue weighted by Crippen LogP contribution is 2.35. The van der Waals surface area contributed by atoms with Gasteiger partial charge in [0.15, 0.2) is 11.5 Å². The third-order valence-corrected chi connectivity index (χ3v) is 5.74. The van der Waals surface area contributed by atoms with Crippen molar-refractivity contribution in [1.82, 2.24) is 10.6 Å². The lowest BCUT2D eigenvalue weighted by Gasteiger charge is -2.28. The maximum Gasteiger partial charge on any atom is 0.338 e. The van der Waals surface area contributed by atoms with Crippen LogP contribution in [0.4, 0.5) is 4.79 Å². The fourth-order valence-corrected chi connectivity index (χ4v) is 3.84. The predicted molar refractivity (Wildman–Crippen MR) is 132 cm³/mol. The fourth-order valence-electron chi connectivity index (χ4n) is 3.84. The first kappa shape index (κ1) is 23.9. The molecule has 0 saturated heterocycles. The molecule has 0 aromatic heterocycles. The summed E-state index contributed by atoms with van der Waals surface area (Å²) in [5.41, 5.74) is 4.53. The largest absolute Gasteiger partial charge is 0.493 e. The molecule has 0 saturated carbocycles. The highest BCUT2D eigenvalue weighted by Gasteiger charge is 2.32. The normalized spacial score (nSPS) is 15.2. The predicted octanol–water partition coefficient (Wildman–Crippen LogP) is 4.95. The highest BCUT2D eigenvalue weighted by molar-refractivity contribution is 5.95. The fraction of sp³-hybridized carbons (Fsp3) is 0.214. The van der Waals surface area contributed by atoms with Crippen LogP contribution < -0.4 is 20.1 Å². The van der Waals surface area contributed by atoms with Gasteiger partial charge in [0.1, 0.15) is 13.2 Å². The second-order valence-electron chi connectivity index (χ2n) is 8.32. The topological polar surface area (TPSA) is 85.9 Å². The zero-order valence-electron chi connectivity index (χ0n) is 20.0. The van der Waals surface area contributed by atoms with E-state index in [1.54, 1.807) is 32.2 Å². The number of carbonyl (C=O) groups excluding carboxylic acids is 2. The third kappa shape index (κ3) is 5.81. The molecule has 0 fully saturated rings. The average Bonchev–Trinajstić information content (AvgIpc) is 2.87. The number of hydrogen-bond donors (Lipinski definition) is 2. The number of urea groups is 1. The van der Waals surface area contributed by atoms with Crippen molar-refractivity contribution >= 4 is 12.0 Å². The SMILES string of the molecule is COc1cc(C2NC(=O)NC(C)=C2C(=O)OCc2ccccc2)ccc1OCc1ccc(C)cc1. The molecule has 0 spiro atoms. The van der Waals surface area contributed by atoms with Gasteiger partial charge in [-0.25, -0.2) is 9.59 Å². The van der Waals surface area contributed by atoms with E-state index in [1.807, 2.05) is 61.5 Å². The Balaban J connectivity index is 1.54. The number of rotatable bonds is 8. The van der Waals surface area contributed by atoms with E-state index >= 15 is 0 Å². The van der Waals surface area contributed by atoms with Crippen LogP contribution in [0.1, 0.15) is 35.2 Å². The Kier molecular flexibility index (Phi) is 7.35. The molecule has 2 N–H and O–H groups in total. The minimum Gasteiger partial charge on any atom is -0.493 e. The van der Waals surface area contributed by atoms with Gasteiger partial charge in [-0.2, -0.15) is 0 Å². The molecule has 0 aliphatic carbocycles. The molecule has 4 rings (SSSR count). The maximum absolute atomic E-state index is 13.0. The van der Waals surface area contributed by atoms with Crippen molar-refractivity contribution in [3.63, 3.8) is 0 Å². The summed E-state index contributed by atoms with van der Waals surface area (Å²) in [6, 6.07) is 21.8. The summed E-state index contributed by atoms with van der Waals surface area (Å²) in [7, 11) is 1.55. The van der Waals surface area contributed by atoms with Gasteiger partial charge in [0, 0.05) is 5.70 Å². The van der Waals surface area contributed by atoms with E-state index in [0.29, 0.717) is 34.9 Å². The van der Waals surface area contributed by atoms with E-state index in [-0.39, 0.29) is 6.61 Å². The number of hydrogen-bond acceptors (Lipinski definition) is 5. The van der Waals surface area contributed by atoms with Gasteiger partial charge in [0.25, 0.3) is 0 Å². The van der Waals surface area contributed by atoms with Crippen LogP contribution in [0.15, 0.2) is 84.1 Å². The van der Waals surface area contributed by atoms with Crippen molar-refractivity contribution in [2.24, 2.45) is 0 Å². The van der Waals surface area contributed by atoms with Gasteiger partial charge in [-0.05, 0) is 42.7 Å². The number of esters is 1. The monoisotopic (exact) mass is 472 g/mol. The Bertz CT molecular complexity index is 1240. The molecule has 2 amide bonds. The summed E-state index contributed by atoms with van der Waals surface area (Å²) >= 11 is 0. The first-order valence-electron chi connectivity index (χ1n) is 11.3. The second-order valence-corrected chi connectivity index (χ2v) is 8.32. The van der Waals surface area contributed by atoms with E-state index < -0.39 is 18.0 Å². The number of amides is 2. The van der Waals surface area contributed by atoms with E-state index in [4.69, 9.17) is 14.2 Å². The van der Waals surface area contributed by atoms with Gasteiger partial charge in [-0.1, -0.05) is 66.2 Å². The van der Waals surface area contributed by atoms with Crippen LogP contribution in [0.5, 0.6) is 11.5 Å². The summed E-state index contributed by atoms with van der Waals surface area (Å²) in [6.07, 6.45) is 0. The number of carbonyl (C=O) groups is 2. The molecule has 1 unspecified atom stereocenters. The molecule has 1 heterocycles. The van der Waals surface area contributed by atoms with Crippen molar-refractivity contribution in [2.45, 2.75) is 33.1 Å². The van der Waals surface area contributed by atoms with E-state index in [2.05, 4.69) is 10.6 Å². The van der Waals surface area contributed by atoms with Crippen LogP contribution in [-0.4, -0.2) is 19.1 Å². The van der Waals surface area contributed by atoms with Gasteiger partial charge in [-0.3, -0.25) is 0 Å². The molecular formula is C28H28N2O5. The molecule has 7 heteroatoms. The molecule has 1 aliphatic rings. The molecular weight excluding hydrogens is 444 g/mol. The minimum absolute atomic E-state index is 0.131. The summed E-state index contributed by atoms with van der Waals surface area (Å²) in [5, 5.41) is 5.48. The Hall–Kier alpha value is -4.26. The Labute approximate surface area is 204 Å². The van der Waals surface area contributed by atoms with Gasteiger partial charge in [-0.15, -0.1) is 0 Å². The number of allylic oxidation sites excluding steroid dienone is 1. The zero-order chi connectivity index (χ0) is 24.8. The van der Waals surface area contributed by atoms with Gasteiger partial charge in [0.2, 0.25) is 0 Å². The first-order valence-corrected chi connectivity index (χ1v) is 11.3. The molecule has 1 atom stereocenters. The maximum atomic E-state index is 13.0. The van der Waals surface area contributed by atoms with Gasteiger partial charge in [0.05, 0.1) is 18.7 Å². The molecule has 3 aromatic rings. The quantitative estimate of drug-likeness (QED) is 0.453. The van der Waals surface area contributed by atoms with Gasteiger partial charge >= 0.3 is 12.0 Å². The van der Waals surface area contributed by atoms with Crippen LogP contribution >= 0.6 is 0 Å². The lowest BCUT2D eigenvalue weighted by Crippen LogP contribution is -2.45. The summed E-state index contributed by atoms with van der Waals surface area (Å²) < 4.78 is 17.1. The molecule has 7 nitrogen and oxygen atoms in total. The van der Waals surface area contributed by atoms with Crippen molar-refractivity contribution in [2.75, 3.05) is 7.11 Å². The lowest BCUT2D eigenvalue weighted by atomic mass is 9.95. The zero-order valence-corrected chi connectivity index (χ0v) is 20.0. The Morgan fingerprint density at radius 1 is 0.886 bits per heavy atom. The molecule has 3 aromatic carbocycles. The molecule has 35 heavy (non-hydrogen) atoms. The molecule has 0 radical (unpaired) electrons. The second kappa shape index (κ2) is 10.8. The number of aryl methyl sites for hydroxylation is 1. The highest BCUT2D eigenvalue weighted by atomic mass is 16.5. The van der Waals surface area contributed by atoms with Crippen molar-refractivity contribution < 1.29 is 23.8 Å². The van der Waals surface area contributed by atoms with E-state index in [0.717, 1.165) is 11.1 Å². The van der Waals surface area contributed by atoms with Crippen molar-refractivity contribution in [1.29, 1.82) is 0 Å². The van der Waals surface area contributed by atoms with Crippen LogP contribution in [-0.2, 0) is 22.7 Å².